The molecule has 0 amide bonds. The molecular formula is C16H17F2NO. The lowest BCUT2D eigenvalue weighted by molar-refractivity contribution is -0.0498. The minimum Gasteiger partial charge on any atom is -0.435 e. The second-order valence-electron chi connectivity index (χ2n) is 4.59. The van der Waals surface area contributed by atoms with Gasteiger partial charge in [-0.3, -0.25) is 0 Å². The number of nitrogens with one attached hydrogen (secondary N) is 1. The Morgan fingerprint density at radius 2 is 1.65 bits per heavy atom. The van der Waals surface area contributed by atoms with Crippen molar-refractivity contribution in [1.82, 2.24) is 5.32 Å². The van der Waals surface area contributed by atoms with Crippen LogP contribution in [0.2, 0.25) is 0 Å². The number of rotatable bonds is 5. The van der Waals surface area contributed by atoms with Gasteiger partial charge in [-0.25, -0.2) is 0 Å². The molecule has 2 rings (SSSR count). The Balaban J connectivity index is 2.32. The first-order valence-corrected chi connectivity index (χ1v) is 6.39. The summed E-state index contributed by atoms with van der Waals surface area (Å²) in [4.78, 5) is 0. The Morgan fingerprint density at radius 3 is 2.25 bits per heavy atom. The highest BCUT2D eigenvalue weighted by atomic mass is 19.3. The number of halogens is 2. The highest BCUT2D eigenvalue weighted by Gasteiger charge is 2.13. The summed E-state index contributed by atoms with van der Waals surface area (Å²) in [7, 11) is 1.84. The minimum atomic E-state index is -2.81. The van der Waals surface area contributed by atoms with Gasteiger partial charge < -0.3 is 10.1 Å². The first kappa shape index (κ1) is 14.5. The summed E-state index contributed by atoms with van der Waals surface area (Å²) >= 11 is 0. The molecule has 0 spiro atoms. The fourth-order valence-corrected chi connectivity index (χ4v) is 2.25. The Bertz CT molecular complexity index is 572. The normalized spacial score (nSPS) is 12.4. The van der Waals surface area contributed by atoms with Crippen molar-refractivity contribution in [3.8, 4) is 5.75 Å². The Morgan fingerprint density at radius 1 is 1.00 bits per heavy atom. The van der Waals surface area contributed by atoms with Gasteiger partial charge in [0.1, 0.15) is 5.75 Å². The van der Waals surface area contributed by atoms with E-state index in [0.717, 1.165) is 16.7 Å². The van der Waals surface area contributed by atoms with Crippen molar-refractivity contribution in [2.24, 2.45) is 0 Å². The van der Waals surface area contributed by atoms with Crippen molar-refractivity contribution in [2.75, 3.05) is 7.05 Å². The van der Waals surface area contributed by atoms with Crippen LogP contribution in [-0.2, 0) is 0 Å². The Hall–Kier alpha value is -1.94. The molecule has 0 heterocycles. The summed E-state index contributed by atoms with van der Waals surface area (Å²) in [6.07, 6.45) is 0. The van der Waals surface area contributed by atoms with Gasteiger partial charge in [0.25, 0.3) is 0 Å². The van der Waals surface area contributed by atoms with E-state index in [4.69, 9.17) is 0 Å². The molecule has 0 bridgehead atoms. The predicted molar refractivity (Wildman–Crippen MR) is 75.2 cm³/mol. The predicted octanol–water partition coefficient (Wildman–Crippen LogP) is 3.91. The summed E-state index contributed by atoms with van der Waals surface area (Å²) in [6, 6.07) is 14.8. The van der Waals surface area contributed by atoms with E-state index in [9.17, 15) is 8.78 Å². The second kappa shape index (κ2) is 6.48. The zero-order chi connectivity index (χ0) is 14.5. The third-order valence-electron chi connectivity index (χ3n) is 3.08. The van der Waals surface area contributed by atoms with Gasteiger partial charge in [0.05, 0.1) is 6.04 Å². The molecule has 4 heteroatoms. The van der Waals surface area contributed by atoms with Crippen LogP contribution >= 0.6 is 0 Å². The molecule has 0 aliphatic rings. The molecule has 0 saturated carbocycles. The standard InChI is InChI=1S/C16H17F2NO/c1-11-5-3-6-12(9-11)15(19-2)13-7-4-8-14(10-13)20-16(17)18/h3-10,15-16,19H,1-2H3. The molecule has 1 unspecified atom stereocenters. The zero-order valence-electron chi connectivity index (χ0n) is 11.4. The lowest BCUT2D eigenvalue weighted by Gasteiger charge is -2.18. The van der Waals surface area contributed by atoms with Gasteiger partial charge in [-0.1, -0.05) is 42.0 Å². The van der Waals surface area contributed by atoms with Gasteiger partial charge in [0.15, 0.2) is 0 Å². The maximum Gasteiger partial charge on any atom is 0.387 e. The first-order valence-electron chi connectivity index (χ1n) is 6.39. The lowest BCUT2D eigenvalue weighted by Crippen LogP contribution is -2.17. The van der Waals surface area contributed by atoms with Crippen LogP contribution < -0.4 is 10.1 Å². The van der Waals surface area contributed by atoms with Gasteiger partial charge >= 0.3 is 6.61 Å². The van der Waals surface area contributed by atoms with Gasteiger partial charge in [-0.2, -0.15) is 8.78 Å². The molecule has 0 fully saturated rings. The van der Waals surface area contributed by atoms with Crippen LogP contribution in [0.5, 0.6) is 5.75 Å². The number of hydrogen-bond donors (Lipinski definition) is 1. The highest BCUT2D eigenvalue weighted by Crippen LogP contribution is 2.26. The summed E-state index contributed by atoms with van der Waals surface area (Å²) in [5.41, 5.74) is 3.13. The van der Waals surface area contributed by atoms with Crippen molar-refractivity contribution in [1.29, 1.82) is 0 Å². The summed E-state index contributed by atoms with van der Waals surface area (Å²) < 4.78 is 29.0. The minimum absolute atomic E-state index is 0.0591. The number of benzene rings is 2. The molecule has 2 aromatic carbocycles. The van der Waals surface area contributed by atoms with E-state index in [1.807, 2.05) is 38.2 Å². The van der Waals surface area contributed by atoms with Crippen LogP contribution in [0.15, 0.2) is 48.5 Å². The van der Waals surface area contributed by atoms with E-state index < -0.39 is 6.61 Å². The zero-order valence-corrected chi connectivity index (χ0v) is 11.4. The summed E-state index contributed by atoms with van der Waals surface area (Å²) in [5.74, 6) is 0.172. The smallest absolute Gasteiger partial charge is 0.387 e. The maximum absolute atomic E-state index is 12.3. The van der Waals surface area contributed by atoms with Crippen molar-refractivity contribution in [2.45, 2.75) is 19.6 Å². The molecular weight excluding hydrogens is 260 g/mol. The van der Waals surface area contributed by atoms with Crippen molar-refractivity contribution in [3.05, 3.63) is 65.2 Å². The molecule has 0 aromatic heterocycles. The number of ether oxygens (including phenoxy) is 1. The molecule has 0 saturated heterocycles. The molecule has 20 heavy (non-hydrogen) atoms. The van der Waals surface area contributed by atoms with Crippen LogP contribution in [0.3, 0.4) is 0 Å². The van der Waals surface area contributed by atoms with E-state index in [2.05, 4.69) is 16.1 Å². The van der Waals surface area contributed by atoms with Crippen molar-refractivity contribution < 1.29 is 13.5 Å². The maximum atomic E-state index is 12.3. The Labute approximate surface area is 117 Å². The van der Waals surface area contributed by atoms with Crippen LogP contribution in [0.4, 0.5) is 8.78 Å². The van der Waals surface area contributed by atoms with E-state index in [1.54, 1.807) is 12.1 Å². The van der Waals surface area contributed by atoms with Crippen LogP contribution in [0, 0.1) is 6.92 Å². The molecule has 1 N–H and O–H groups in total. The molecule has 0 aliphatic heterocycles. The third-order valence-corrected chi connectivity index (χ3v) is 3.08. The SMILES string of the molecule is CNC(c1cccc(C)c1)c1cccc(OC(F)F)c1. The third kappa shape index (κ3) is 3.54. The van der Waals surface area contributed by atoms with E-state index in [0.29, 0.717) is 0 Å². The second-order valence-corrected chi connectivity index (χ2v) is 4.59. The van der Waals surface area contributed by atoms with E-state index >= 15 is 0 Å². The molecule has 0 aliphatic carbocycles. The average Bonchev–Trinajstić information content (AvgIpc) is 2.39. The number of hydrogen-bond acceptors (Lipinski definition) is 2. The van der Waals surface area contributed by atoms with Crippen LogP contribution in [0.1, 0.15) is 22.7 Å². The molecule has 1 atom stereocenters. The quantitative estimate of drug-likeness (QED) is 0.894. The molecule has 106 valence electrons. The largest absolute Gasteiger partial charge is 0.435 e. The number of alkyl halides is 2. The van der Waals surface area contributed by atoms with Gasteiger partial charge in [0.2, 0.25) is 0 Å². The monoisotopic (exact) mass is 277 g/mol. The first-order chi connectivity index (χ1) is 9.60. The summed E-state index contributed by atoms with van der Waals surface area (Å²) in [6.45, 7) is -0.788. The van der Waals surface area contributed by atoms with Crippen LogP contribution in [-0.4, -0.2) is 13.7 Å². The van der Waals surface area contributed by atoms with Crippen LogP contribution in [0.25, 0.3) is 0 Å². The lowest BCUT2D eigenvalue weighted by atomic mass is 9.97. The average molecular weight is 277 g/mol. The fraction of sp³-hybridized carbons (Fsp3) is 0.250. The van der Waals surface area contributed by atoms with E-state index in [-0.39, 0.29) is 11.8 Å². The topological polar surface area (TPSA) is 21.3 Å². The summed E-state index contributed by atoms with van der Waals surface area (Å²) in [5, 5.41) is 3.20. The molecule has 2 aromatic rings. The fourth-order valence-electron chi connectivity index (χ4n) is 2.25. The van der Waals surface area contributed by atoms with Crippen molar-refractivity contribution in [3.63, 3.8) is 0 Å². The number of aryl methyl sites for hydroxylation is 1. The van der Waals surface area contributed by atoms with Gasteiger partial charge in [-0.05, 0) is 37.2 Å². The van der Waals surface area contributed by atoms with E-state index in [1.165, 1.54) is 6.07 Å². The highest BCUT2D eigenvalue weighted by molar-refractivity contribution is 5.37. The molecule has 2 nitrogen and oxygen atoms in total. The van der Waals surface area contributed by atoms with Crippen molar-refractivity contribution >= 4 is 0 Å². The van der Waals surface area contributed by atoms with Gasteiger partial charge in [0, 0.05) is 0 Å². The Kier molecular flexibility index (Phi) is 4.69. The molecule has 0 radical (unpaired) electrons. The van der Waals surface area contributed by atoms with Gasteiger partial charge in [-0.15, -0.1) is 0 Å².